The van der Waals surface area contributed by atoms with E-state index in [9.17, 15) is 4.79 Å². The Hall–Kier alpha value is -3.26. The van der Waals surface area contributed by atoms with Crippen molar-refractivity contribution < 1.29 is 14.3 Å². The van der Waals surface area contributed by atoms with E-state index in [1.165, 1.54) is 0 Å². The fraction of sp³-hybridized carbons (Fsp3) is 0.200. The summed E-state index contributed by atoms with van der Waals surface area (Å²) in [6.07, 6.45) is 3.89. The third-order valence-corrected chi connectivity index (χ3v) is 3.48. The molecule has 0 spiro atoms. The molecule has 0 radical (unpaired) electrons. The molecule has 25 heavy (non-hydrogen) atoms. The van der Waals surface area contributed by atoms with Gasteiger partial charge in [0.1, 0.15) is 0 Å². The number of hydrogen-bond donors (Lipinski definition) is 1. The van der Waals surface area contributed by atoms with Crippen LogP contribution in [-0.4, -0.2) is 19.6 Å². The van der Waals surface area contributed by atoms with E-state index in [0.717, 1.165) is 11.1 Å². The molecule has 0 fully saturated rings. The normalized spacial score (nSPS) is 10.3. The lowest BCUT2D eigenvalue weighted by molar-refractivity contribution is -0.123. The van der Waals surface area contributed by atoms with Gasteiger partial charge in [-0.05, 0) is 42.3 Å². The van der Waals surface area contributed by atoms with Gasteiger partial charge in [0.05, 0.1) is 18.7 Å². The molecule has 2 aromatic carbocycles. The Morgan fingerprint density at radius 2 is 1.96 bits per heavy atom. The van der Waals surface area contributed by atoms with E-state index in [4.69, 9.17) is 14.7 Å². The first kappa shape index (κ1) is 18.1. The van der Waals surface area contributed by atoms with Crippen LogP contribution < -0.4 is 14.8 Å². The molecule has 0 unspecified atom stereocenters. The van der Waals surface area contributed by atoms with Crippen molar-refractivity contribution in [2.45, 2.75) is 13.5 Å². The molecule has 0 saturated carbocycles. The fourth-order valence-corrected chi connectivity index (χ4v) is 2.19. The van der Waals surface area contributed by atoms with Crippen LogP contribution in [0.5, 0.6) is 11.5 Å². The van der Waals surface area contributed by atoms with Crippen molar-refractivity contribution in [1.82, 2.24) is 5.32 Å². The van der Waals surface area contributed by atoms with E-state index >= 15 is 0 Å². The lowest BCUT2D eigenvalue weighted by Crippen LogP contribution is -2.28. The fourth-order valence-electron chi connectivity index (χ4n) is 2.19. The number of hydrogen-bond acceptors (Lipinski definition) is 4. The number of carbonyl (C=O) groups is 1. The summed E-state index contributed by atoms with van der Waals surface area (Å²) in [5.41, 5.74) is 2.50. The number of allylic oxidation sites excluding steroid dienone is 1. The van der Waals surface area contributed by atoms with Crippen LogP contribution in [0.1, 0.15) is 23.6 Å². The zero-order valence-electron chi connectivity index (χ0n) is 14.3. The van der Waals surface area contributed by atoms with Crippen molar-refractivity contribution in [3.63, 3.8) is 0 Å². The highest BCUT2D eigenvalue weighted by molar-refractivity contribution is 5.77. The van der Waals surface area contributed by atoms with Gasteiger partial charge in [0.15, 0.2) is 18.1 Å². The summed E-state index contributed by atoms with van der Waals surface area (Å²) >= 11 is 0. The number of carbonyl (C=O) groups excluding carboxylic acids is 1. The first-order chi connectivity index (χ1) is 12.2. The Morgan fingerprint density at radius 3 is 2.60 bits per heavy atom. The predicted molar refractivity (Wildman–Crippen MR) is 96.2 cm³/mol. The second-order valence-corrected chi connectivity index (χ2v) is 5.28. The minimum Gasteiger partial charge on any atom is -0.493 e. The number of rotatable bonds is 7. The molecule has 2 aromatic rings. The van der Waals surface area contributed by atoms with Crippen LogP contribution in [0.2, 0.25) is 0 Å². The van der Waals surface area contributed by atoms with Gasteiger partial charge in [0.25, 0.3) is 5.91 Å². The van der Waals surface area contributed by atoms with E-state index in [0.29, 0.717) is 23.6 Å². The quantitative estimate of drug-likeness (QED) is 0.842. The smallest absolute Gasteiger partial charge is 0.258 e. The maximum Gasteiger partial charge on any atom is 0.258 e. The van der Waals surface area contributed by atoms with Gasteiger partial charge in [-0.25, -0.2) is 0 Å². The van der Waals surface area contributed by atoms with E-state index in [-0.39, 0.29) is 12.5 Å². The Kier molecular flexibility index (Phi) is 6.61. The van der Waals surface area contributed by atoms with Gasteiger partial charge in [-0.2, -0.15) is 5.26 Å². The number of nitriles is 1. The standard InChI is InChI=1S/C20H20N2O3/c1-3-4-15-9-10-18(19(11-15)24-2)25-14-20(23)22-13-17-7-5-16(12-21)6-8-17/h3-11H,13-14H2,1-2H3,(H,22,23)/b4-3+. The van der Waals surface area contributed by atoms with Crippen molar-refractivity contribution in [2.75, 3.05) is 13.7 Å². The highest BCUT2D eigenvalue weighted by atomic mass is 16.5. The van der Waals surface area contributed by atoms with Crippen LogP contribution in [-0.2, 0) is 11.3 Å². The van der Waals surface area contributed by atoms with E-state index in [1.807, 2.05) is 43.3 Å². The zero-order valence-corrected chi connectivity index (χ0v) is 14.3. The van der Waals surface area contributed by atoms with E-state index in [2.05, 4.69) is 11.4 Å². The molecule has 0 aromatic heterocycles. The summed E-state index contributed by atoms with van der Waals surface area (Å²) in [6, 6.07) is 14.6. The topological polar surface area (TPSA) is 71.3 Å². The predicted octanol–water partition coefficient (Wildman–Crippen LogP) is 3.30. The highest BCUT2D eigenvalue weighted by Gasteiger charge is 2.08. The molecule has 1 amide bonds. The first-order valence-corrected chi connectivity index (χ1v) is 7.85. The molecule has 0 heterocycles. The average Bonchev–Trinajstić information content (AvgIpc) is 2.65. The van der Waals surface area contributed by atoms with Crippen LogP contribution in [0.25, 0.3) is 6.08 Å². The molecule has 1 N–H and O–H groups in total. The molecule has 2 rings (SSSR count). The van der Waals surface area contributed by atoms with Crippen molar-refractivity contribution in [3.8, 4) is 17.6 Å². The number of nitrogens with zero attached hydrogens (tertiary/aromatic N) is 1. The monoisotopic (exact) mass is 336 g/mol. The largest absolute Gasteiger partial charge is 0.493 e. The third kappa shape index (κ3) is 5.40. The molecule has 128 valence electrons. The Bertz CT molecular complexity index is 790. The lowest BCUT2D eigenvalue weighted by atomic mass is 10.1. The van der Waals surface area contributed by atoms with Crippen LogP contribution in [0.3, 0.4) is 0 Å². The van der Waals surface area contributed by atoms with Crippen LogP contribution in [0, 0.1) is 11.3 Å². The minimum atomic E-state index is -0.232. The van der Waals surface area contributed by atoms with Gasteiger partial charge in [0.2, 0.25) is 0 Å². The van der Waals surface area contributed by atoms with Gasteiger partial charge in [-0.1, -0.05) is 30.4 Å². The molecular formula is C20H20N2O3. The number of methoxy groups -OCH3 is 1. The molecule has 0 aliphatic carbocycles. The maximum absolute atomic E-state index is 11.9. The van der Waals surface area contributed by atoms with Gasteiger partial charge in [-0.15, -0.1) is 0 Å². The van der Waals surface area contributed by atoms with Crippen molar-refractivity contribution in [1.29, 1.82) is 5.26 Å². The molecule has 5 nitrogen and oxygen atoms in total. The van der Waals surface area contributed by atoms with Crippen molar-refractivity contribution >= 4 is 12.0 Å². The Balaban J connectivity index is 1.87. The van der Waals surface area contributed by atoms with Crippen LogP contribution >= 0.6 is 0 Å². The minimum absolute atomic E-state index is 0.102. The van der Waals surface area contributed by atoms with Gasteiger partial charge in [-0.3, -0.25) is 4.79 Å². The second kappa shape index (κ2) is 9.14. The summed E-state index contributed by atoms with van der Waals surface area (Å²) in [6.45, 7) is 2.22. The van der Waals surface area contributed by atoms with Gasteiger partial charge < -0.3 is 14.8 Å². The highest BCUT2D eigenvalue weighted by Crippen LogP contribution is 2.28. The summed E-state index contributed by atoms with van der Waals surface area (Å²) < 4.78 is 10.8. The van der Waals surface area contributed by atoms with E-state index in [1.54, 1.807) is 25.3 Å². The van der Waals surface area contributed by atoms with Gasteiger partial charge >= 0.3 is 0 Å². The average molecular weight is 336 g/mol. The summed E-state index contributed by atoms with van der Waals surface area (Å²) in [7, 11) is 1.56. The molecule has 0 bridgehead atoms. The maximum atomic E-state index is 11.9. The summed E-state index contributed by atoms with van der Waals surface area (Å²) in [5, 5.41) is 11.5. The van der Waals surface area contributed by atoms with E-state index < -0.39 is 0 Å². The summed E-state index contributed by atoms with van der Waals surface area (Å²) in [5.74, 6) is 0.865. The number of ether oxygens (including phenoxy) is 2. The molecule has 0 atom stereocenters. The first-order valence-electron chi connectivity index (χ1n) is 7.85. The van der Waals surface area contributed by atoms with Crippen molar-refractivity contribution in [2.24, 2.45) is 0 Å². The third-order valence-electron chi connectivity index (χ3n) is 3.48. The Labute approximate surface area is 147 Å². The Morgan fingerprint density at radius 1 is 1.20 bits per heavy atom. The molecular weight excluding hydrogens is 316 g/mol. The molecule has 0 aliphatic heterocycles. The number of benzene rings is 2. The molecule has 0 aliphatic rings. The lowest BCUT2D eigenvalue weighted by Gasteiger charge is -2.11. The molecule has 5 heteroatoms. The zero-order chi connectivity index (χ0) is 18.1. The SMILES string of the molecule is C/C=C/c1ccc(OCC(=O)NCc2ccc(C#N)cc2)c(OC)c1. The van der Waals surface area contributed by atoms with Crippen molar-refractivity contribution in [3.05, 3.63) is 65.2 Å². The van der Waals surface area contributed by atoms with Crippen LogP contribution in [0.4, 0.5) is 0 Å². The number of amides is 1. The van der Waals surface area contributed by atoms with Crippen LogP contribution in [0.15, 0.2) is 48.5 Å². The number of nitrogens with one attached hydrogen (secondary N) is 1. The van der Waals surface area contributed by atoms with Gasteiger partial charge in [0, 0.05) is 6.54 Å². The molecule has 0 saturated heterocycles. The summed E-state index contributed by atoms with van der Waals surface area (Å²) in [4.78, 5) is 11.9. The second-order valence-electron chi connectivity index (χ2n) is 5.28.